The predicted octanol–water partition coefficient (Wildman–Crippen LogP) is 7.26. The van der Waals surface area contributed by atoms with Crippen LogP contribution < -0.4 is 0 Å². The Morgan fingerprint density at radius 3 is 1.26 bits per heavy atom. The number of hydrogen-bond donors (Lipinski definition) is 0. The van der Waals surface area contributed by atoms with Crippen LogP contribution in [0, 0.1) is 27.7 Å². The van der Waals surface area contributed by atoms with E-state index < -0.39 is 0 Å². The van der Waals surface area contributed by atoms with Gasteiger partial charge in [0.25, 0.3) is 0 Å². The Morgan fingerprint density at radius 1 is 0.593 bits per heavy atom. The van der Waals surface area contributed by atoms with Crippen molar-refractivity contribution >= 4 is 34.1 Å². The van der Waals surface area contributed by atoms with Crippen LogP contribution in [0.4, 0.5) is 11.4 Å². The van der Waals surface area contributed by atoms with Crippen molar-refractivity contribution in [2.75, 3.05) is 0 Å². The van der Waals surface area contributed by atoms with Gasteiger partial charge in [0.05, 0.1) is 22.8 Å². The average molecular weight is 375 g/mol. The number of para-hydroxylation sites is 2. The molecule has 0 saturated heterocycles. The van der Waals surface area contributed by atoms with Gasteiger partial charge in [0.1, 0.15) is 0 Å². The Hall–Kier alpha value is -2.52. The quantitative estimate of drug-likeness (QED) is 0.429. The number of hydrogen-bond acceptors (Lipinski definition) is 3. The fourth-order valence-electron chi connectivity index (χ4n) is 3.14. The second-order valence-electron chi connectivity index (χ2n) is 7.04. The van der Waals surface area contributed by atoms with Crippen molar-refractivity contribution in [2.45, 2.75) is 41.5 Å². The molecule has 0 spiro atoms. The van der Waals surface area contributed by atoms with Gasteiger partial charge in [-0.1, -0.05) is 36.4 Å². The molecular formula is C24H26N2S. The monoisotopic (exact) mass is 374 g/mol. The molecule has 0 unspecified atom stereocenters. The van der Waals surface area contributed by atoms with Crippen molar-refractivity contribution in [3.63, 3.8) is 0 Å². The third kappa shape index (κ3) is 4.25. The predicted molar refractivity (Wildman–Crippen MR) is 120 cm³/mol. The maximum absolute atomic E-state index is 4.90. The minimum atomic E-state index is 1.04. The summed E-state index contributed by atoms with van der Waals surface area (Å²) in [5.74, 6) is 0. The van der Waals surface area contributed by atoms with E-state index in [0.717, 1.165) is 22.8 Å². The van der Waals surface area contributed by atoms with Crippen molar-refractivity contribution in [2.24, 2.45) is 9.98 Å². The lowest BCUT2D eigenvalue weighted by molar-refractivity contribution is 1.32. The van der Waals surface area contributed by atoms with Crippen LogP contribution in [0.15, 0.2) is 58.5 Å². The summed E-state index contributed by atoms with van der Waals surface area (Å²) < 4.78 is 0. The molecule has 0 saturated carbocycles. The number of rotatable bonds is 4. The van der Waals surface area contributed by atoms with Crippen LogP contribution >= 0.6 is 11.3 Å². The minimum Gasteiger partial charge on any atom is -0.252 e. The first-order valence-corrected chi connectivity index (χ1v) is 10.0. The summed E-state index contributed by atoms with van der Waals surface area (Å²) in [5.41, 5.74) is 9.07. The fourth-order valence-corrected chi connectivity index (χ4v) is 4.03. The van der Waals surface area contributed by atoms with E-state index in [-0.39, 0.29) is 0 Å². The average Bonchev–Trinajstić information content (AvgIpc) is 3.12. The van der Waals surface area contributed by atoms with E-state index in [1.807, 2.05) is 0 Å². The molecule has 0 atom stereocenters. The molecule has 1 heterocycles. The van der Waals surface area contributed by atoms with Gasteiger partial charge in [-0.3, -0.25) is 9.98 Å². The van der Waals surface area contributed by atoms with Gasteiger partial charge in [-0.2, -0.15) is 0 Å². The Bertz CT molecular complexity index is 916. The van der Waals surface area contributed by atoms with Gasteiger partial charge in [0.15, 0.2) is 0 Å². The zero-order valence-electron chi connectivity index (χ0n) is 16.9. The highest BCUT2D eigenvalue weighted by atomic mass is 32.1. The highest BCUT2D eigenvalue weighted by Gasteiger charge is 2.09. The number of benzene rings is 2. The first-order chi connectivity index (χ1) is 12.9. The molecule has 0 aliphatic carbocycles. The third-order valence-corrected chi connectivity index (χ3v) is 6.06. The summed E-state index contributed by atoms with van der Waals surface area (Å²) in [6.45, 7) is 12.6. The van der Waals surface area contributed by atoms with Crippen LogP contribution in [0.1, 0.15) is 45.9 Å². The normalized spacial score (nSPS) is 12.5. The highest BCUT2D eigenvalue weighted by Crippen LogP contribution is 2.28. The Labute approximate surface area is 166 Å². The van der Waals surface area contributed by atoms with Crippen LogP contribution in [0.5, 0.6) is 0 Å². The van der Waals surface area contributed by atoms with E-state index in [0.29, 0.717) is 0 Å². The summed E-state index contributed by atoms with van der Waals surface area (Å²) in [5, 5.41) is 0. The maximum atomic E-state index is 4.90. The molecule has 2 nitrogen and oxygen atoms in total. The van der Waals surface area contributed by atoms with Crippen molar-refractivity contribution in [1.29, 1.82) is 0 Å². The largest absolute Gasteiger partial charge is 0.252 e. The smallest absolute Gasteiger partial charge is 0.0691 e. The van der Waals surface area contributed by atoms with Crippen molar-refractivity contribution in [1.82, 2.24) is 0 Å². The van der Waals surface area contributed by atoms with Gasteiger partial charge < -0.3 is 0 Å². The Balaban J connectivity index is 1.92. The van der Waals surface area contributed by atoms with Crippen LogP contribution in [-0.4, -0.2) is 11.4 Å². The molecule has 0 aliphatic heterocycles. The fraction of sp³-hybridized carbons (Fsp3) is 0.250. The molecule has 0 radical (unpaired) electrons. The van der Waals surface area contributed by atoms with Gasteiger partial charge in [-0.05, 0) is 75.9 Å². The van der Waals surface area contributed by atoms with Crippen LogP contribution in [-0.2, 0) is 0 Å². The van der Waals surface area contributed by atoms with Crippen molar-refractivity contribution < 1.29 is 0 Å². The summed E-state index contributed by atoms with van der Waals surface area (Å²) in [4.78, 5) is 12.2. The molecule has 0 aliphatic rings. The first kappa shape index (κ1) is 19.2. The Kier molecular flexibility index (Phi) is 5.71. The lowest BCUT2D eigenvalue weighted by atomic mass is 10.1. The summed E-state index contributed by atoms with van der Waals surface area (Å²) in [7, 11) is 0. The third-order valence-electron chi connectivity index (χ3n) is 4.76. The molecule has 138 valence electrons. The van der Waals surface area contributed by atoms with Crippen LogP contribution in [0.3, 0.4) is 0 Å². The molecule has 27 heavy (non-hydrogen) atoms. The maximum Gasteiger partial charge on any atom is 0.0691 e. The highest BCUT2D eigenvalue weighted by molar-refractivity contribution is 7.16. The second kappa shape index (κ2) is 8.01. The van der Waals surface area contributed by atoms with Gasteiger partial charge in [0, 0.05) is 9.75 Å². The minimum absolute atomic E-state index is 1.04. The van der Waals surface area contributed by atoms with E-state index in [4.69, 9.17) is 9.98 Å². The van der Waals surface area contributed by atoms with E-state index in [2.05, 4.69) is 90.1 Å². The molecule has 0 fully saturated rings. The lowest BCUT2D eigenvalue weighted by Gasteiger charge is -2.06. The van der Waals surface area contributed by atoms with E-state index in [1.54, 1.807) is 11.3 Å². The molecule has 0 N–H and O–H groups in total. The van der Waals surface area contributed by atoms with Crippen molar-refractivity contribution in [3.8, 4) is 0 Å². The zero-order chi connectivity index (χ0) is 19.6. The summed E-state index contributed by atoms with van der Waals surface area (Å²) in [6.07, 6.45) is 0. The molecule has 3 heteroatoms. The molecule has 0 amide bonds. The van der Waals surface area contributed by atoms with Crippen LogP contribution in [0.25, 0.3) is 0 Å². The lowest BCUT2D eigenvalue weighted by Crippen LogP contribution is -1.92. The SMILES string of the molecule is CC(=Nc1c(C)cccc1C)c1ccc(C(C)=Nc2c(C)cccc2C)s1. The number of thiophene rings is 1. The van der Waals surface area contributed by atoms with Crippen LogP contribution in [0.2, 0.25) is 0 Å². The molecular weight excluding hydrogens is 348 g/mol. The van der Waals surface area contributed by atoms with Gasteiger partial charge >= 0.3 is 0 Å². The number of aliphatic imine (C=N–C) groups is 2. The second-order valence-corrected chi connectivity index (χ2v) is 8.12. The first-order valence-electron chi connectivity index (χ1n) is 9.20. The van der Waals surface area contributed by atoms with Gasteiger partial charge in [-0.15, -0.1) is 11.3 Å². The van der Waals surface area contributed by atoms with Crippen molar-refractivity contribution in [3.05, 3.63) is 80.5 Å². The van der Waals surface area contributed by atoms with E-state index >= 15 is 0 Å². The number of nitrogens with zero attached hydrogens (tertiary/aromatic N) is 2. The molecule has 0 bridgehead atoms. The summed E-state index contributed by atoms with van der Waals surface area (Å²) in [6, 6.07) is 16.9. The zero-order valence-corrected chi connectivity index (χ0v) is 17.7. The molecule has 1 aromatic heterocycles. The topological polar surface area (TPSA) is 24.7 Å². The number of aryl methyl sites for hydroxylation is 4. The van der Waals surface area contributed by atoms with Gasteiger partial charge in [0.2, 0.25) is 0 Å². The molecule has 3 rings (SSSR count). The Morgan fingerprint density at radius 2 is 0.926 bits per heavy atom. The summed E-state index contributed by atoms with van der Waals surface area (Å²) >= 11 is 1.75. The molecule has 3 aromatic rings. The standard InChI is InChI=1S/C24H26N2S/c1-15-9-7-10-16(2)23(15)25-19(5)21-13-14-22(27-21)20(6)26-24-17(3)11-8-12-18(24)4/h7-14H,1-6H3. The molecule has 2 aromatic carbocycles. The van der Waals surface area contributed by atoms with E-state index in [1.165, 1.54) is 32.0 Å². The van der Waals surface area contributed by atoms with E-state index in [9.17, 15) is 0 Å². The van der Waals surface area contributed by atoms with Gasteiger partial charge in [-0.25, -0.2) is 0 Å².